The van der Waals surface area contributed by atoms with E-state index in [1.807, 2.05) is 36.9 Å². The Balaban J connectivity index is 2.24. The molecule has 0 aliphatic rings. The molecule has 23 heavy (non-hydrogen) atoms. The predicted octanol–water partition coefficient (Wildman–Crippen LogP) is 4.22. The molecule has 1 heterocycles. The number of hydrogen-bond acceptors (Lipinski definition) is 3. The van der Waals surface area contributed by atoms with Crippen LogP contribution < -0.4 is 0 Å². The second kappa shape index (κ2) is 7.95. The lowest BCUT2D eigenvalue weighted by molar-refractivity contribution is -0.133. The number of aryl methyl sites for hydroxylation is 2. The van der Waals surface area contributed by atoms with Crippen LogP contribution in [-0.4, -0.2) is 22.5 Å². The van der Waals surface area contributed by atoms with E-state index in [0.717, 1.165) is 36.4 Å². The molecule has 4 nitrogen and oxygen atoms in total. The van der Waals surface area contributed by atoms with Crippen LogP contribution in [0.3, 0.4) is 0 Å². The highest BCUT2D eigenvalue weighted by Crippen LogP contribution is 2.26. The second-order valence-corrected chi connectivity index (χ2v) is 5.90. The number of aromatic nitrogens is 1. The molecule has 1 amide bonds. The zero-order valence-corrected chi connectivity index (χ0v) is 14.5. The largest absolute Gasteiger partial charge is 0.361 e. The number of carbonyl (C=O) groups is 1. The summed E-state index contributed by atoms with van der Waals surface area (Å²) in [5.74, 6) is 0.872. The Morgan fingerprint density at radius 3 is 2.43 bits per heavy atom. The summed E-state index contributed by atoms with van der Waals surface area (Å²) in [4.78, 5) is 14.9. The first-order chi connectivity index (χ1) is 11.1. The molecule has 2 aromatic rings. The van der Waals surface area contributed by atoms with E-state index in [2.05, 4.69) is 31.1 Å². The van der Waals surface area contributed by atoms with Gasteiger partial charge in [-0.1, -0.05) is 49.3 Å². The van der Waals surface area contributed by atoms with E-state index in [9.17, 15) is 4.79 Å². The van der Waals surface area contributed by atoms with Crippen molar-refractivity contribution in [3.8, 4) is 0 Å². The highest BCUT2D eigenvalue weighted by atomic mass is 16.5. The van der Waals surface area contributed by atoms with Crippen LogP contribution in [0.2, 0.25) is 0 Å². The van der Waals surface area contributed by atoms with Crippen LogP contribution in [0.4, 0.5) is 0 Å². The van der Waals surface area contributed by atoms with E-state index in [0.29, 0.717) is 6.42 Å². The smallest absolute Gasteiger partial charge is 0.227 e. The van der Waals surface area contributed by atoms with Crippen LogP contribution in [0, 0.1) is 13.8 Å². The van der Waals surface area contributed by atoms with Crippen molar-refractivity contribution in [2.75, 3.05) is 6.54 Å². The molecule has 0 fully saturated rings. The Labute approximate surface area is 138 Å². The Kier molecular flexibility index (Phi) is 5.97. The van der Waals surface area contributed by atoms with E-state index in [1.54, 1.807) is 0 Å². The fourth-order valence-corrected chi connectivity index (χ4v) is 3.01. The summed E-state index contributed by atoms with van der Waals surface area (Å²) < 4.78 is 5.19. The summed E-state index contributed by atoms with van der Waals surface area (Å²) in [7, 11) is 0. The van der Waals surface area contributed by atoms with Crippen molar-refractivity contribution in [1.82, 2.24) is 10.1 Å². The van der Waals surface area contributed by atoms with Gasteiger partial charge < -0.3 is 9.42 Å². The van der Waals surface area contributed by atoms with Crippen LogP contribution in [0.1, 0.15) is 55.3 Å². The highest BCUT2D eigenvalue weighted by Gasteiger charge is 2.25. The lowest BCUT2D eigenvalue weighted by Gasteiger charge is -2.31. The highest BCUT2D eigenvalue weighted by molar-refractivity contribution is 5.79. The van der Waals surface area contributed by atoms with Gasteiger partial charge in [0.1, 0.15) is 5.76 Å². The zero-order valence-electron chi connectivity index (χ0n) is 14.5. The first-order valence-corrected chi connectivity index (χ1v) is 8.34. The molecule has 1 unspecified atom stereocenters. The van der Waals surface area contributed by atoms with Gasteiger partial charge in [-0.05, 0) is 32.3 Å². The van der Waals surface area contributed by atoms with Crippen LogP contribution in [-0.2, 0) is 11.2 Å². The Hall–Kier alpha value is -2.10. The average molecular weight is 314 g/mol. The number of hydrogen-bond donors (Lipinski definition) is 0. The van der Waals surface area contributed by atoms with Gasteiger partial charge in [0.2, 0.25) is 5.91 Å². The summed E-state index contributed by atoms with van der Waals surface area (Å²) in [6.07, 6.45) is 2.19. The maximum atomic E-state index is 12.9. The lowest BCUT2D eigenvalue weighted by atomic mass is 10.0. The van der Waals surface area contributed by atoms with Gasteiger partial charge in [0.15, 0.2) is 0 Å². The van der Waals surface area contributed by atoms with Gasteiger partial charge in [-0.15, -0.1) is 0 Å². The lowest BCUT2D eigenvalue weighted by Crippen LogP contribution is -2.36. The number of amides is 1. The topological polar surface area (TPSA) is 46.3 Å². The number of nitrogens with zero attached hydrogens (tertiary/aromatic N) is 2. The summed E-state index contributed by atoms with van der Waals surface area (Å²) in [5, 5.41) is 3.95. The Bertz CT molecular complexity index is 615. The second-order valence-electron chi connectivity index (χ2n) is 5.90. The monoisotopic (exact) mass is 314 g/mol. The Morgan fingerprint density at radius 1 is 1.22 bits per heavy atom. The minimum atomic E-state index is 0.115. The Morgan fingerprint density at radius 2 is 1.91 bits per heavy atom. The van der Waals surface area contributed by atoms with Crippen LogP contribution >= 0.6 is 0 Å². The molecule has 0 saturated heterocycles. The van der Waals surface area contributed by atoms with E-state index < -0.39 is 0 Å². The van der Waals surface area contributed by atoms with Gasteiger partial charge in [0, 0.05) is 12.1 Å². The van der Waals surface area contributed by atoms with Crippen molar-refractivity contribution < 1.29 is 9.32 Å². The molecule has 4 heteroatoms. The van der Waals surface area contributed by atoms with Crippen LogP contribution in [0.5, 0.6) is 0 Å². The molecular formula is C19H26N2O2. The van der Waals surface area contributed by atoms with Crippen LogP contribution in [0.25, 0.3) is 0 Å². The molecular weight excluding hydrogens is 288 g/mol. The third-order valence-electron chi connectivity index (χ3n) is 4.24. The fraction of sp³-hybridized carbons (Fsp3) is 0.474. The minimum absolute atomic E-state index is 0.115. The summed E-state index contributed by atoms with van der Waals surface area (Å²) in [5.41, 5.74) is 2.91. The zero-order chi connectivity index (χ0) is 16.8. The minimum Gasteiger partial charge on any atom is -0.361 e. The molecule has 0 saturated carbocycles. The van der Waals surface area contributed by atoms with Gasteiger partial charge in [-0.25, -0.2) is 0 Å². The van der Waals surface area contributed by atoms with Crippen molar-refractivity contribution in [3.63, 3.8) is 0 Å². The molecule has 0 bridgehead atoms. The average Bonchev–Trinajstić information content (AvgIpc) is 2.87. The molecule has 0 radical (unpaired) electrons. The van der Waals surface area contributed by atoms with Crippen molar-refractivity contribution in [2.24, 2.45) is 0 Å². The summed E-state index contributed by atoms with van der Waals surface area (Å²) in [6, 6.07) is 10.4. The molecule has 2 rings (SSSR count). The number of rotatable bonds is 7. The molecule has 1 aromatic heterocycles. The number of carbonyl (C=O) groups excluding carboxylic acids is 1. The molecule has 0 aliphatic heterocycles. The van der Waals surface area contributed by atoms with Gasteiger partial charge in [-0.3, -0.25) is 4.79 Å². The predicted molar refractivity (Wildman–Crippen MR) is 91.2 cm³/mol. The van der Waals surface area contributed by atoms with Gasteiger partial charge in [0.05, 0.1) is 18.2 Å². The summed E-state index contributed by atoms with van der Waals surface area (Å²) >= 11 is 0. The normalized spacial score (nSPS) is 12.2. The molecule has 1 aromatic carbocycles. The quantitative estimate of drug-likeness (QED) is 0.768. The van der Waals surface area contributed by atoms with Crippen molar-refractivity contribution in [2.45, 2.75) is 53.0 Å². The molecule has 1 atom stereocenters. The maximum absolute atomic E-state index is 12.9. The van der Waals surface area contributed by atoms with E-state index >= 15 is 0 Å². The van der Waals surface area contributed by atoms with Gasteiger partial charge >= 0.3 is 0 Å². The van der Waals surface area contributed by atoms with Crippen molar-refractivity contribution in [1.29, 1.82) is 0 Å². The van der Waals surface area contributed by atoms with E-state index in [4.69, 9.17) is 4.52 Å². The molecule has 0 N–H and O–H groups in total. The van der Waals surface area contributed by atoms with E-state index in [1.165, 1.54) is 5.56 Å². The first kappa shape index (κ1) is 17.3. The van der Waals surface area contributed by atoms with Crippen molar-refractivity contribution >= 4 is 5.91 Å². The standard InChI is InChI=1S/C19H26N2O2/c1-5-12-21(18(6-2)16-10-8-7-9-11-16)19(22)13-17-14(3)20-23-15(17)4/h7-11,18H,5-6,12-13H2,1-4H3. The third-order valence-corrected chi connectivity index (χ3v) is 4.24. The number of benzene rings is 1. The first-order valence-electron chi connectivity index (χ1n) is 8.34. The van der Waals surface area contributed by atoms with Gasteiger partial charge in [-0.2, -0.15) is 0 Å². The van der Waals surface area contributed by atoms with Gasteiger partial charge in [0.25, 0.3) is 0 Å². The van der Waals surface area contributed by atoms with Crippen molar-refractivity contribution in [3.05, 3.63) is 52.9 Å². The molecule has 124 valence electrons. The summed E-state index contributed by atoms with van der Waals surface area (Å²) in [6.45, 7) is 8.74. The maximum Gasteiger partial charge on any atom is 0.227 e. The van der Waals surface area contributed by atoms with E-state index in [-0.39, 0.29) is 11.9 Å². The van der Waals surface area contributed by atoms with Crippen LogP contribution in [0.15, 0.2) is 34.9 Å². The molecule has 0 spiro atoms. The fourth-order valence-electron chi connectivity index (χ4n) is 3.01. The SMILES string of the molecule is CCCN(C(=O)Cc1c(C)noc1C)C(CC)c1ccccc1. The third kappa shape index (κ3) is 4.01. The molecule has 0 aliphatic carbocycles.